The molecule has 1 heterocycles. The van der Waals surface area contributed by atoms with Gasteiger partial charge in [-0.15, -0.1) is 0 Å². The lowest BCUT2D eigenvalue weighted by Crippen LogP contribution is -1.86. The van der Waals surface area contributed by atoms with Crippen molar-refractivity contribution in [3.63, 3.8) is 0 Å². The second-order valence-corrected chi connectivity index (χ2v) is 5.27. The molecule has 20 heavy (non-hydrogen) atoms. The first kappa shape index (κ1) is 13.0. The largest absolute Gasteiger partial charge is 0.497 e. The summed E-state index contributed by atoms with van der Waals surface area (Å²) in [6, 6.07) is 12.5. The normalized spacial score (nSPS) is 10.9. The lowest BCUT2D eigenvalue weighted by atomic mass is 10.2. The van der Waals surface area contributed by atoms with Crippen LogP contribution in [0.3, 0.4) is 0 Å². The number of halogens is 1. The van der Waals surface area contributed by atoms with Gasteiger partial charge in [0, 0.05) is 11.8 Å². The maximum absolute atomic E-state index is 13.5. The second-order valence-electron chi connectivity index (χ2n) is 4.31. The number of fused-ring (bicyclic) bond motifs is 1. The minimum atomic E-state index is -0.183. The Morgan fingerprint density at radius 3 is 2.90 bits per heavy atom. The number of hydrogen-bond donors (Lipinski definition) is 1. The van der Waals surface area contributed by atoms with E-state index in [1.807, 2.05) is 24.3 Å². The third-order valence-electron chi connectivity index (χ3n) is 2.99. The third kappa shape index (κ3) is 2.63. The van der Waals surface area contributed by atoms with Gasteiger partial charge in [0.05, 0.1) is 18.1 Å². The van der Waals surface area contributed by atoms with Crippen LogP contribution >= 0.6 is 11.8 Å². The van der Waals surface area contributed by atoms with Crippen molar-refractivity contribution in [2.24, 2.45) is 0 Å². The Morgan fingerprint density at radius 2 is 2.10 bits per heavy atom. The van der Waals surface area contributed by atoms with Crippen LogP contribution < -0.4 is 4.74 Å². The van der Waals surface area contributed by atoms with Crippen molar-refractivity contribution >= 4 is 22.8 Å². The average Bonchev–Trinajstić information content (AvgIpc) is 2.88. The molecule has 0 unspecified atom stereocenters. The number of ether oxygens (including phenoxy) is 1. The van der Waals surface area contributed by atoms with E-state index in [0.29, 0.717) is 11.3 Å². The van der Waals surface area contributed by atoms with Gasteiger partial charge >= 0.3 is 0 Å². The molecular weight excluding hydrogens is 275 g/mol. The van der Waals surface area contributed by atoms with Crippen molar-refractivity contribution in [2.45, 2.75) is 10.9 Å². The van der Waals surface area contributed by atoms with Crippen LogP contribution in [-0.4, -0.2) is 17.1 Å². The van der Waals surface area contributed by atoms with E-state index in [0.717, 1.165) is 21.9 Å². The Morgan fingerprint density at radius 1 is 1.25 bits per heavy atom. The number of aromatic amines is 1. The number of nitrogens with one attached hydrogen (secondary N) is 1. The van der Waals surface area contributed by atoms with E-state index in [9.17, 15) is 4.39 Å². The molecule has 0 saturated heterocycles. The molecule has 3 nitrogen and oxygen atoms in total. The molecule has 0 radical (unpaired) electrons. The molecule has 0 spiro atoms. The van der Waals surface area contributed by atoms with Crippen molar-refractivity contribution in [2.75, 3.05) is 7.11 Å². The minimum absolute atomic E-state index is 0.183. The molecule has 0 atom stereocenters. The van der Waals surface area contributed by atoms with E-state index in [-0.39, 0.29) is 5.82 Å². The molecule has 0 aliphatic heterocycles. The minimum Gasteiger partial charge on any atom is -0.497 e. The average molecular weight is 288 g/mol. The van der Waals surface area contributed by atoms with Gasteiger partial charge in [-0.25, -0.2) is 9.37 Å². The number of nitrogens with zero attached hydrogens (tertiary/aromatic N) is 1. The highest BCUT2D eigenvalue weighted by Gasteiger charge is 2.06. The van der Waals surface area contributed by atoms with Crippen LogP contribution in [0.4, 0.5) is 4.39 Å². The molecule has 3 rings (SSSR count). The molecule has 0 fully saturated rings. The summed E-state index contributed by atoms with van der Waals surface area (Å²) in [6.45, 7) is 0. The van der Waals surface area contributed by atoms with Gasteiger partial charge in [-0.05, 0) is 23.8 Å². The molecule has 0 aliphatic rings. The van der Waals surface area contributed by atoms with Crippen molar-refractivity contribution in [3.8, 4) is 5.75 Å². The van der Waals surface area contributed by atoms with Gasteiger partial charge in [0.1, 0.15) is 11.6 Å². The Labute approximate surface area is 120 Å². The van der Waals surface area contributed by atoms with Gasteiger partial charge in [-0.2, -0.15) is 0 Å². The standard InChI is InChI=1S/C15H13FN2OS/c1-19-11-6-7-13-14(8-11)18-15(17-13)20-9-10-4-2-3-5-12(10)16/h2-8H,9H2,1H3,(H,17,18). The van der Waals surface area contributed by atoms with Crippen LogP contribution in [-0.2, 0) is 5.75 Å². The number of hydrogen-bond acceptors (Lipinski definition) is 3. The molecule has 3 aromatic rings. The van der Waals surface area contributed by atoms with Crippen LogP contribution in [0.1, 0.15) is 5.56 Å². The summed E-state index contributed by atoms with van der Waals surface area (Å²) < 4.78 is 18.7. The Balaban J connectivity index is 1.79. The fourth-order valence-corrected chi connectivity index (χ4v) is 2.79. The highest BCUT2D eigenvalue weighted by molar-refractivity contribution is 7.98. The second kappa shape index (κ2) is 5.54. The maximum Gasteiger partial charge on any atom is 0.166 e. The van der Waals surface area contributed by atoms with E-state index in [2.05, 4.69) is 9.97 Å². The first-order valence-corrected chi connectivity index (χ1v) is 7.15. The summed E-state index contributed by atoms with van der Waals surface area (Å²) >= 11 is 1.48. The van der Waals surface area contributed by atoms with Crippen LogP contribution in [0.2, 0.25) is 0 Å². The third-order valence-corrected chi connectivity index (χ3v) is 3.91. The molecule has 0 saturated carbocycles. The topological polar surface area (TPSA) is 37.9 Å². The SMILES string of the molecule is COc1ccc2nc(SCc3ccccc3F)[nH]c2c1. The van der Waals surface area contributed by atoms with E-state index in [4.69, 9.17) is 4.74 Å². The molecule has 0 amide bonds. The van der Waals surface area contributed by atoms with Crippen molar-refractivity contribution in [1.29, 1.82) is 0 Å². The summed E-state index contributed by atoms with van der Waals surface area (Å²) in [5.74, 6) is 1.15. The van der Waals surface area contributed by atoms with Crippen molar-refractivity contribution < 1.29 is 9.13 Å². The Bertz CT molecular complexity index is 742. The molecule has 5 heteroatoms. The Hall–Kier alpha value is -2.01. The molecule has 2 aromatic carbocycles. The zero-order chi connectivity index (χ0) is 13.9. The predicted molar refractivity (Wildman–Crippen MR) is 78.6 cm³/mol. The number of aromatic nitrogens is 2. The first-order chi connectivity index (χ1) is 9.76. The van der Waals surface area contributed by atoms with Gasteiger partial charge in [-0.1, -0.05) is 30.0 Å². The number of methoxy groups -OCH3 is 1. The van der Waals surface area contributed by atoms with Gasteiger partial charge in [0.2, 0.25) is 0 Å². The first-order valence-electron chi connectivity index (χ1n) is 6.16. The summed E-state index contributed by atoms with van der Waals surface area (Å²) in [7, 11) is 1.63. The van der Waals surface area contributed by atoms with E-state index < -0.39 is 0 Å². The van der Waals surface area contributed by atoms with Crippen molar-refractivity contribution in [1.82, 2.24) is 9.97 Å². The zero-order valence-electron chi connectivity index (χ0n) is 10.9. The molecule has 0 aliphatic carbocycles. The van der Waals surface area contributed by atoms with E-state index in [1.165, 1.54) is 17.8 Å². The van der Waals surface area contributed by atoms with Gasteiger partial charge in [0.25, 0.3) is 0 Å². The molecule has 102 valence electrons. The lowest BCUT2D eigenvalue weighted by Gasteiger charge is -2.00. The predicted octanol–water partition coefficient (Wildman–Crippen LogP) is 4.00. The number of thioether (sulfide) groups is 1. The summed E-state index contributed by atoms with van der Waals surface area (Å²) in [5, 5.41) is 0.775. The summed E-state index contributed by atoms with van der Waals surface area (Å²) in [5.41, 5.74) is 2.47. The number of benzene rings is 2. The van der Waals surface area contributed by atoms with Crippen LogP contribution in [0.5, 0.6) is 5.75 Å². The van der Waals surface area contributed by atoms with Crippen molar-refractivity contribution in [3.05, 3.63) is 53.8 Å². The monoisotopic (exact) mass is 288 g/mol. The zero-order valence-corrected chi connectivity index (χ0v) is 11.7. The van der Waals surface area contributed by atoms with Crippen LogP contribution in [0, 0.1) is 5.82 Å². The quantitative estimate of drug-likeness (QED) is 0.737. The number of imidazole rings is 1. The lowest BCUT2D eigenvalue weighted by molar-refractivity contribution is 0.415. The summed E-state index contributed by atoms with van der Waals surface area (Å²) in [4.78, 5) is 7.67. The Kier molecular flexibility index (Phi) is 3.60. The number of rotatable bonds is 4. The molecule has 1 aromatic heterocycles. The van der Waals surface area contributed by atoms with Gasteiger partial charge < -0.3 is 9.72 Å². The van der Waals surface area contributed by atoms with Crippen LogP contribution in [0.25, 0.3) is 11.0 Å². The molecular formula is C15H13FN2OS. The van der Waals surface area contributed by atoms with Gasteiger partial charge in [0.15, 0.2) is 5.16 Å². The van der Waals surface area contributed by atoms with E-state index in [1.54, 1.807) is 19.2 Å². The fourth-order valence-electron chi connectivity index (χ4n) is 1.92. The highest BCUT2D eigenvalue weighted by atomic mass is 32.2. The molecule has 1 N–H and O–H groups in total. The molecule has 0 bridgehead atoms. The fraction of sp³-hybridized carbons (Fsp3) is 0.133. The summed E-state index contributed by atoms with van der Waals surface area (Å²) in [6.07, 6.45) is 0. The number of H-pyrrole nitrogens is 1. The van der Waals surface area contributed by atoms with Crippen LogP contribution in [0.15, 0.2) is 47.6 Å². The van der Waals surface area contributed by atoms with E-state index >= 15 is 0 Å². The smallest absolute Gasteiger partial charge is 0.166 e. The highest BCUT2D eigenvalue weighted by Crippen LogP contribution is 2.26. The maximum atomic E-state index is 13.5. The van der Waals surface area contributed by atoms with Gasteiger partial charge in [-0.3, -0.25) is 0 Å².